The highest BCUT2D eigenvalue weighted by atomic mass is 32.2. The molecule has 0 aliphatic rings. The number of sulfonamides is 1. The van der Waals surface area contributed by atoms with Crippen LogP contribution in [-0.4, -0.2) is 40.7 Å². The van der Waals surface area contributed by atoms with Crippen LogP contribution in [0, 0.1) is 24.0 Å². The largest absolute Gasteiger partial charge is 0.353 e. The van der Waals surface area contributed by atoms with E-state index in [-0.39, 0.29) is 22.2 Å². The van der Waals surface area contributed by atoms with Crippen molar-refractivity contribution in [2.45, 2.75) is 32.6 Å². The normalized spacial score (nSPS) is 11.4. The third-order valence-electron chi connectivity index (χ3n) is 5.10. The molecule has 2 aromatic carbocycles. The number of aromatic nitrogens is 2. The van der Waals surface area contributed by atoms with Crippen molar-refractivity contribution in [3.63, 3.8) is 0 Å². The average molecular weight is 471 g/mol. The average Bonchev–Trinajstić information content (AvgIpc) is 2.76. The zero-order valence-electron chi connectivity index (χ0n) is 18.9. The summed E-state index contributed by atoms with van der Waals surface area (Å²) in [6, 6.07) is 11.7. The fraction of sp³-hybridized carbons (Fsp3) is 0.273. The molecule has 1 heterocycles. The molecule has 0 saturated heterocycles. The molecule has 10 nitrogen and oxygen atoms in total. The number of nitrogens with one attached hydrogen (secondary N) is 2. The first kappa shape index (κ1) is 24.1. The smallest absolute Gasteiger partial charge is 0.334 e. The molecule has 0 fully saturated rings. The van der Waals surface area contributed by atoms with Gasteiger partial charge in [0.05, 0.1) is 9.82 Å². The third kappa shape index (κ3) is 5.26. The Balaban J connectivity index is 1.91. The van der Waals surface area contributed by atoms with E-state index in [4.69, 9.17) is 0 Å². The lowest BCUT2D eigenvalue weighted by Crippen LogP contribution is -2.30. The lowest BCUT2D eigenvalue weighted by atomic mass is 10.1. The van der Waals surface area contributed by atoms with E-state index < -0.39 is 14.9 Å². The number of hydrogen-bond acceptors (Lipinski definition) is 8. The van der Waals surface area contributed by atoms with Crippen molar-refractivity contribution in [3.8, 4) is 0 Å². The van der Waals surface area contributed by atoms with Gasteiger partial charge in [-0.3, -0.25) is 10.1 Å². The van der Waals surface area contributed by atoms with Crippen molar-refractivity contribution in [2.24, 2.45) is 0 Å². The minimum absolute atomic E-state index is 0.0124. The molecule has 0 bridgehead atoms. The van der Waals surface area contributed by atoms with E-state index in [1.165, 1.54) is 22.8 Å². The number of benzene rings is 2. The summed E-state index contributed by atoms with van der Waals surface area (Å²) < 4.78 is 26.7. The van der Waals surface area contributed by atoms with E-state index >= 15 is 0 Å². The van der Waals surface area contributed by atoms with Gasteiger partial charge in [-0.25, -0.2) is 18.4 Å². The first-order valence-corrected chi connectivity index (χ1v) is 11.8. The van der Waals surface area contributed by atoms with Gasteiger partial charge in [0.15, 0.2) is 0 Å². The fourth-order valence-corrected chi connectivity index (χ4v) is 4.83. The van der Waals surface area contributed by atoms with Gasteiger partial charge in [0.25, 0.3) is 0 Å². The molecule has 0 aliphatic heterocycles. The highest BCUT2D eigenvalue weighted by molar-refractivity contribution is 7.89. The molecular weight excluding hydrogens is 444 g/mol. The van der Waals surface area contributed by atoms with Gasteiger partial charge in [-0.2, -0.15) is 4.31 Å². The number of rotatable bonds is 9. The van der Waals surface area contributed by atoms with Crippen molar-refractivity contribution < 1.29 is 13.3 Å². The Kier molecular flexibility index (Phi) is 7.24. The van der Waals surface area contributed by atoms with Crippen molar-refractivity contribution in [2.75, 3.05) is 23.7 Å². The first-order chi connectivity index (χ1) is 15.7. The summed E-state index contributed by atoms with van der Waals surface area (Å²) in [5, 5.41) is 17.8. The van der Waals surface area contributed by atoms with Crippen LogP contribution in [-0.2, 0) is 10.0 Å². The maximum atomic E-state index is 12.7. The third-order valence-corrected chi connectivity index (χ3v) is 7.16. The van der Waals surface area contributed by atoms with Crippen LogP contribution in [0.15, 0.2) is 53.7 Å². The minimum atomic E-state index is -3.60. The minimum Gasteiger partial charge on any atom is -0.334 e. The summed E-state index contributed by atoms with van der Waals surface area (Å²) in [4.78, 5) is 19.5. The van der Waals surface area contributed by atoms with Crippen LogP contribution in [0.5, 0.6) is 0 Å². The molecule has 0 saturated carbocycles. The Hall–Kier alpha value is -3.57. The van der Waals surface area contributed by atoms with Gasteiger partial charge in [0.1, 0.15) is 6.33 Å². The Bertz CT molecular complexity index is 1260. The zero-order chi connectivity index (χ0) is 24.2. The van der Waals surface area contributed by atoms with Crippen molar-refractivity contribution in [1.29, 1.82) is 0 Å². The molecule has 174 valence electrons. The highest BCUT2D eigenvalue weighted by Crippen LogP contribution is 2.34. The van der Waals surface area contributed by atoms with E-state index in [1.807, 2.05) is 32.0 Å². The van der Waals surface area contributed by atoms with E-state index in [2.05, 4.69) is 20.6 Å². The summed E-state index contributed by atoms with van der Waals surface area (Å²) in [6.07, 6.45) is 1.22. The molecule has 1 aromatic heterocycles. The summed E-state index contributed by atoms with van der Waals surface area (Å²) >= 11 is 0. The SMILES string of the molecule is CCN(CC)S(=O)(=O)c1ccc(Nc2ncnc(Nc3ccc(C)cc3C)c2[N+](=O)[O-])cc1. The second-order valence-corrected chi connectivity index (χ2v) is 9.30. The lowest BCUT2D eigenvalue weighted by molar-refractivity contribution is -0.383. The molecule has 0 atom stereocenters. The van der Waals surface area contributed by atoms with Gasteiger partial charge in [0, 0.05) is 24.5 Å². The van der Waals surface area contributed by atoms with Gasteiger partial charge >= 0.3 is 5.69 Å². The van der Waals surface area contributed by atoms with Crippen LogP contribution < -0.4 is 10.6 Å². The number of aryl methyl sites for hydroxylation is 2. The monoisotopic (exact) mass is 470 g/mol. The number of nitro groups is 1. The van der Waals surface area contributed by atoms with Crippen LogP contribution in [0.2, 0.25) is 0 Å². The van der Waals surface area contributed by atoms with Gasteiger partial charge in [0.2, 0.25) is 21.7 Å². The van der Waals surface area contributed by atoms with E-state index in [9.17, 15) is 18.5 Å². The van der Waals surface area contributed by atoms with Crippen LogP contribution >= 0.6 is 0 Å². The molecule has 3 rings (SSSR count). The van der Waals surface area contributed by atoms with Crippen LogP contribution in [0.1, 0.15) is 25.0 Å². The fourth-order valence-electron chi connectivity index (χ4n) is 3.38. The number of nitrogens with zero attached hydrogens (tertiary/aromatic N) is 4. The molecule has 33 heavy (non-hydrogen) atoms. The Morgan fingerprint density at radius 1 is 0.970 bits per heavy atom. The quantitative estimate of drug-likeness (QED) is 0.345. The second-order valence-electron chi connectivity index (χ2n) is 7.36. The Morgan fingerprint density at radius 3 is 2.12 bits per heavy atom. The summed E-state index contributed by atoms with van der Waals surface area (Å²) in [6.45, 7) is 8.13. The molecule has 11 heteroatoms. The lowest BCUT2D eigenvalue weighted by Gasteiger charge is -2.18. The topological polar surface area (TPSA) is 130 Å². The predicted octanol–water partition coefficient (Wildman–Crippen LogP) is 4.52. The van der Waals surface area contributed by atoms with Gasteiger partial charge in [-0.1, -0.05) is 31.5 Å². The molecule has 2 N–H and O–H groups in total. The summed E-state index contributed by atoms with van der Waals surface area (Å²) in [5.41, 5.74) is 2.82. The van der Waals surface area contributed by atoms with Crippen molar-refractivity contribution in [1.82, 2.24) is 14.3 Å². The van der Waals surface area contributed by atoms with E-state index in [1.54, 1.807) is 26.0 Å². The zero-order valence-corrected chi connectivity index (χ0v) is 19.7. The van der Waals surface area contributed by atoms with Crippen molar-refractivity contribution >= 4 is 38.7 Å². The second kappa shape index (κ2) is 9.92. The molecule has 0 aliphatic carbocycles. The van der Waals surface area contributed by atoms with Crippen LogP contribution in [0.4, 0.5) is 28.7 Å². The van der Waals surface area contributed by atoms with Crippen molar-refractivity contribution in [3.05, 3.63) is 70.0 Å². The number of anilines is 4. The van der Waals surface area contributed by atoms with Gasteiger partial charge in [-0.15, -0.1) is 0 Å². The van der Waals surface area contributed by atoms with Gasteiger partial charge in [-0.05, 0) is 49.7 Å². The number of hydrogen-bond donors (Lipinski definition) is 2. The maximum absolute atomic E-state index is 12.7. The van der Waals surface area contributed by atoms with E-state index in [0.29, 0.717) is 24.5 Å². The molecule has 0 amide bonds. The Morgan fingerprint density at radius 2 is 1.58 bits per heavy atom. The maximum Gasteiger partial charge on any atom is 0.353 e. The van der Waals surface area contributed by atoms with Gasteiger partial charge < -0.3 is 10.6 Å². The molecule has 3 aromatic rings. The first-order valence-electron chi connectivity index (χ1n) is 10.4. The Labute approximate surface area is 192 Å². The standard InChI is InChI=1S/C22H26N6O4S/c1-5-27(6-2)33(31,32)18-10-8-17(9-11-18)25-21-20(28(29)30)22(24-14-23-21)26-19-12-7-15(3)13-16(19)4/h7-14H,5-6H2,1-4H3,(H2,23,24,25,26). The summed E-state index contributed by atoms with van der Waals surface area (Å²) in [5.74, 6) is 0.0341. The van der Waals surface area contributed by atoms with E-state index in [0.717, 1.165) is 11.1 Å². The van der Waals surface area contributed by atoms with Crippen LogP contribution in [0.25, 0.3) is 0 Å². The molecular formula is C22H26N6O4S. The predicted molar refractivity (Wildman–Crippen MR) is 128 cm³/mol. The summed E-state index contributed by atoms with van der Waals surface area (Å²) in [7, 11) is -3.60. The van der Waals surface area contributed by atoms with Crippen LogP contribution in [0.3, 0.4) is 0 Å². The molecule has 0 radical (unpaired) electrons. The molecule has 0 unspecified atom stereocenters. The highest BCUT2D eigenvalue weighted by Gasteiger charge is 2.25. The molecule has 0 spiro atoms.